The molecule has 0 aromatic rings. The van der Waals surface area contributed by atoms with Gasteiger partial charge in [-0.1, -0.05) is 68.7 Å². The predicted octanol–water partition coefficient (Wildman–Crippen LogP) is 5.64. The first-order valence-electron chi connectivity index (χ1n) is 8.71. The van der Waals surface area contributed by atoms with E-state index in [0.29, 0.717) is 34.3 Å². The van der Waals surface area contributed by atoms with Gasteiger partial charge in [0.1, 0.15) is 0 Å². The van der Waals surface area contributed by atoms with Gasteiger partial charge in [0.2, 0.25) is 0 Å². The van der Waals surface area contributed by atoms with Crippen LogP contribution in [0, 0.1) is 34.5 Å². The highest BCUT2D eigenvalue weighted by atomic mass is 32.1. The third-order valence-corrected chi connectivity index (χ3v) is 6.62. The van der Waals surface area contributed by atoms with Crippen molar-refractivity contribution in [1.82, 2.24) is 0 Å². The Morgan fingerprint density at radius 3 is 1.52 bits per heavy atom. The van der Waals surface area contributed by atoms with Gasteiger partial charge in [-0.15, -0.1) is 0 Å². The Morgan fingerprint density at radius 1 is 0.857 bits per heavy atom. The molecule has 1 nitrogen and oxygen atoms in total. The third kappa shape index (κ3) is 5.46. The van der Waals surface area contributed by atoms with Gasteiger partial charge in [0, 0.05) is 11.3 Å². The van der Waals surface area contributed by atoms with Crippen LogP contribution in [0.15, 0.2) is 0 Å². The van der Waals surface area contributed by atoms with Crippen LogP contribution in [0.2, 0.25) is 0 Å². The van der Waals surface area contributed by atoms with Gasteiger partial charge in [0.25, 0.3) is 0 Å². The summed E-state index contributed by atoms with van der Waals surface area (Å²) < 4.78 is 0. The van der Waals surface area contributed by atoms with Crippen LogP contribution in [-0.4, -0.2) is 11.3 Å². The Hall–Kier alpha value is 0.310. The Morgan fingerprint density at radius 2 is 1.29 bits per heavy atom. The molecule has 21 heavy (non-hydrogen) atoms. The molecule has 2 N–H and O–H groups in total. The van der Waals surface area contributed by atoms with Gasteiger partial charge >= 0.3 is 0 Å². The molecule has 0 aromatic heterocycles. The Kier molecular flexibility index (Phi) is 7.84. The first-order valence-corrected chi connectivity index (χ1v) is 9.22. The van der Waals surface area contributed by atoms with Gasteiger partial charge in [-0.25, -0.2) is 0 Å². The molecule has 0 fully saturated rings. The summed E-state index contributed by atoms with van der Waals surface area (Å²) >= 11 is 4.87. The summed E-state index contributed by atoms with van der Waals surface area (Å²) in [4.78, 5) is 0. The molecule has 0 aliphatic heterocycles. The fourth-order valence-corrected chi connectivity index (χ4v) is 4.09. The molecular formula is C19H41NS. The number of hydrogen-bond acceptors (Lipinski definition) is 2. The maximum atomic E-state index is 6.46. The maximum Gasteiger partial charge on any atom is 0.00446 e. The normalized spacial score (nSPS) is 22.3. The van der Waals surface area contributed by atoms with Crippen molar-refractivity contribution in [3.8, 4) is 0 Å². The van der Waals surface area contributed by atoms with E-state index in [9.17, 15) is 0 Å². The van der Waals surface area contributed by atoms with E-state index in [-0.39, 0.29) is 11.5 Å². The highest BCUT2D eigenvalue weighted by Gasteiger charge is 2.43. The van der Waals surface area contributed by atoms with E-state index >= 15 is 0 Å². The molecule has 0 rings (SSSR count). The van der Waals surface area contributed by atoms with E-state index in [4.69, 9.17) is 18.4 Å². The molecule has 0 radical (unpaired) electrons. The van der Waals surface area contributed by atoms with Crippen molar-refractivity contribution in [3.05, 3.63) is 0 Å². The third-order valence-electron chi connectivity index (χ3n) is 6.27. The van der Waals surface area contributed by atoms with Crippen LogP contribution in [-0.2, 0) is 0 Å². The molecule has 6 unspecified atom stereocenters. The van der Waals surface area contributed by atoms with E-state index in [2.05, 4.69) is 69.2 Å². The molecule has 2 heteroatoms. The fraction of sp³-hybridized carbons (Fsp3) is 1.00. The van der Waals surface area contributed by atoms with Crippen LogP contribution in [0.3, 0.4) is 0 Å². The zero-order chi connectivity index (χ0) is 17.2. The number of hydrogen-bond donors (Lipinski definition) is 2. The lowest BCUT2D eigenvalue weighted by molar-refractivity contribution is 0.0360. The van der Waals surface area contributed by atoms with Crippen molar-refractivity contribution in [2.24, 2.45) is 40.2 Å². The number of nitrogens with two attached hydrogens (primary N) is 1. The van der Waals surface area contributed by atoms with Crippen LogP contribution >= 0.6 is 12.6 Å². The molecule has 0 amide bonds. The minimum atomic E-state index is 0.203. The van der Waals surface area contributed by atoms with Crippen molar-refractivity contribution >= 4 is 12.6 Å². The Bertz CT molecular complexity index is 301. The molecule has 0 heterocycles. The van der Waals surface area contributed by atoms with Crippen molar-refractivity contribution in [3.63, 3.8) is 0 Å². The standard InChI is InChI=1S/C19H41NS/c1-11-19(9,10)13(3)17(15(5)21)16(14(4)20)12(2)18(6,7)8/h12-17,21H,11,20H2,1-10H3. The highest BCUT2D eigenvalue weighted by molar-refractivity contribution is 7.80. The van der Waals surface area contributed by atoms with Crippen LogP contribution in [0.5, 0.6) is 0 Å². The summed E-state index contributed by atoms with van der Waals surface area (Å²) in [5.41, 5.74) is 7.06. The lowest BCUT2D eigenvalue weighted by Crippen LogP contribution is -2.48. The minimum absolute atomic E-state index is 0.203. The van der Waals surface area contributed by atoms with Gasteiger partial charge in [0.15, 0.2) is 0 Å². The van der Waals surface area contributed by atoms with Gasteiger partial charge in [-0.3, -0.25) is 0 Å². The quantitative estimate of drug-likeness (QED) is 0.584. The molecule has 6 atom stereocenters. The second kappa shape index (κ2) is 7.73. The second-order valence-electron chi connectivity index (χ2n) is 9.04. The average Bonchev–Trinajstić information content (AvgIpc) is 2.31. The first-order chi connectivity index (χ1) is 9.27. The molecular weight excluding hydrogens is 274 g/mol. The maximum absolute atomic E-state index is 6.46. The zero-order valence-electron chi connectivity index (χ0n) is 16.2. The smallest absolute Gasteiger partial charge is 0.00446 e. The van der Waals surface area contributed by atoms with Gasteiger partial charge < -0.3 is 5.73 Å². The van der Waals surface area contributed by atoms with Crippen LogP contribution in [0.4, 0.5) is 0 Å². The summed E-state index contributed by atoms with van der Waals surface area (Å²) in [6, 6.07) is 0.203. The summed E-state index contributed by atoms with van der Waals surface area (Å²) in [7, 11) is 0. The molecule has 0 aliphatic rings. The van der Waals surface area contributed by atoms with Crippen molar-refractivity contribution in [2.75, 3.05) is 0 Å². The minimum Gasteiger partial charge on any atom is -0.328 e. The van der Waals surface area contributed by atoms with Crippen molar-refractivity contribution in [2.45, 2.75) is 86.9 Å². The summed E-state index contributed by atoms with van der Waals surface area (Å²) in [5.74, 6) is 2.22. The Labute approximate surface area is 140 Å². The van der Waals surface area contributed by atoms with Gasteiger partial charge in [0.05, 0.1) is 0 Å². The lowest BCUT2D eigenvalue weighted by atomic mass is 9.59. The molecule has 128 valence electrons. The molecule has 0 saturated carbocycles. The van der Waals surface area contributed by atoms with Crippen molar-refractivity contribution < 1.29 is 0 Å². The van der Waals surface area contributed by atoms with Gasteiger partial charge in [-0.05, 0) is 41.4 Å². The van der Waals surface area contributed by atoms with E-state index in [1.54, 1.807) is 0 Å². The summed E-state index contributed by atoms with van der Waals surface area (Å²) in [6.45, 7) is 23.3. The highest BCUT2D eigenvalue weighted by Crippen LogP contribution is 2.47. The average molecular weight is 316 g/mol. The van der Waals surface area contributed by atoms with Crippen LogP contribution < -0.4 is 5.73 Å². The molecule has 0 bridgehead atoms. The SMILES string of the molecule is CCC(C)(C)C(C)C(C(C)S)C(C(C)N)C(C)C(C)(C)C. The first kappa shape index (κ1) is 21.3. The molecule has 0 spiro atoms. The predicted molar refractivity (Wildman–Crippen MR) is 101 cm³/mol. The lowest BCUT2D eigenvalue weighted by Gasteiger charge is -2.48. The largest absolute Gasteiger partial charge is 0.328 e. The van der Waals surface area contributed by atoms with Crippen molar-refractivity contribution in [1.29, 1.82) is 0 Å². The summed E-state index contributed by atoms with van der Waals surface area (Å²) in [5, 5.41) is 0.367. The monoisotopic (exact) mass is 315 g/mol. The van der Waals surface area contributed by atoms with E-state index in [1.807, 2.05) is 0 Å². The topological polar surface area (TPSA) is 26.0 Å². The van der Waals surface area contributed by atoms with Crippen LogP contribution in [0.1, 0.15) is 75.7 Å². The molecule has 0 saturated heterocycles. The van der Waals surface area contributed by atoms with E-state index < -0.39 is 0 Å². The van der Waals surface area contributed by atoms with Gasteiger partial charge in [-0.2, -0.15) is 12.6 Å². The van der Waals surface area contributed by atoms with Crippen LogP contribution in [0.25, 0.3) is 0 Å². The Balaban J connectivity index is 5.68. The fourth-order valence-electron chi connectivity index (χ4n) is 3.63. The van der Waals surface area contributed by atoms with E-state index in [0.717, 1.165) is 0 Å². The summed E-state index contributed by atoms with van der Waals surface area (Å²) in [6.07, 6.45) is 1.20. The van der Waals surface area contributed by atoms with E-state index in [1.165, 1.54) is 6.42 Å². The number of thiol groups is 1. The second-order valence-corrected chi connectivity index (χ2v) is 9.85. The molecule has 0 aliphatic carbocycles. The molecule has 0 aromatic carbocycles. The zero-order valence-corrected chi connectivity index (χ0v) is 17.1. The number of rotatable bonds is 7.